The molecule has 1 heteroatoms. The highest BCUT2D eigenvalue weighted by molar-refractivity contribution is 6.41. The van der Waals surface area contributed by atoms with Gasteiger partial charge in [0, 0.05) is 0 Å². The van der Waals surface area contributed by atoms with Crippen LogP contribution in [0.1, 0.15) is 32.1 Å². The Kier molecular flexibility index (Phi) is 1.09. The van der Waals surface area contributed by atoms with E-state index >= 15 is 0 Å². The minimum Gasteiger partial charge on any atom is -0.0686 e. The molecule has 0 unspecified atom stereocenters. The van der Waals surface area contributed by atoms with Crippen molar-refractivity contribution in [2.45, 2.75) is 43.7 Å². The van der Waals surface area contributed by atoms with Gasteiger partial charge in [0.1, 0.15) is 7.28 Å². The van der Waals surface area contributed by atoms with Crippen LogP contribution in [-0.2, 0) is 0 Å². The highest BCUT2D eigenvalue weighted by atomic mass is 14.2. The molecule has 2 aliphatic rings. The lowest BCUT2D eigenvalue weighted by atomic mass is 9.54. The Labute approximate surface area is 51.9 Å². The maximum Gasteiger partial charge on any atom is 0.117 e. The van der Waals surface area contributed by atoms with E-state index in [1.807, 2.05) is 0 Å². The lowest BCUT2D eigenvalue weighted by Gasteiger charge is -2.15. The van der Waals surface area contributed by atoms with Crippen molar-refractivity contribution in [3.8, 4) is 0 Å². The summed E-state index contributed by atoms with van der Waals surface area (Å²) in [7, 11) is 2.59. The van der Waals surface area contributed by atoms with Crippen LogP contribution in [0.5, 0.6) is 0 Å². The molecular weight excluding hydrogens is 94.9 g/mol. The van der Waals surface area contributed by atoms with Crippen molar-refractivity contribution in [3.63, 3.8) is 0 Å². The van der Waals surface area contributed by atoms with Crippen molar-refractivity contribution >= 4 is 7.28 Å². The summed E-state index contributed by atoms with van der Waals surface area (Å²) < 4.78 is 0. The maximum absolute atomic E-state index is 2.59. The third-order valence-electron chi connectivity index (χ3n) is 2.60. The Hall–Kier alpha value is 0.0649. The van der Waals surface area contributed by atoms with Crippen LogP contribution in [0.25, 0.3) is 0 Å². The first-order valence-corrected chi connectivity index (χ1v) is 3.80. The van der Waals surface area contributed by atoms with Gasteiger partial charge in [-0.15, -0.1) is 0 Å². The average Bonchev–Trinajstić information content (AvgIpc) is 2.12. The molecule has 2 heterocycles. The Morgan fingerprint density at radius 3 is 2.00 bits per heavy atom. The molecule has 0 spiro atoms. The second kappa shape index (κ2) is 1.79. The minimum atomic E-state index is 1.04. The molecule has 2 fully saturated rings. The molecule has 43 valence electrons. The summed E-state index contributed by atoms with van der Waals surface area (Å²) in [5.41, 5.74) is 0. The minimum absolute atomic E-state index is 1.04. The molecule has 0 aromatic heterocycles. The second-order valence-corrected chi connectivity index (χ2v) is 3.22. The van der Waals surface area contributed by atoms with Gasteiger partial charge in [-0.25, -0.2) is 0 Å². The van der Waals surface area contributed by atoms with Crippen LogP contribution in [0, 0.1) is 0 Å². The van der Waals surface area contributed by atoms with E-state index in [1.54, 1.807) is 0 Å². The molecular formula is C7H12B. The number of hydrogen-bond donors (Lipinski definition) is 0. The summed E-state index contributed by atoms with van der Waals surface area (Å²) in [6.45, 7) is 0. The van der Waals surface area contributed by atoms with Gasteiger partial charge in [0.05, 0.1) is 0 Å². The van der Waals surface area contributed by atoms with Gasteiger partial charge < -0.3 is 0 Å². The van der Waals surface area contributed by atoms with Crippen molar-refractivity contribution in [1.29, 1.82) is 0 Å². The molecule has 2 atom stereocenters. The molecule has 0 aliphatic carbocycles. The zero-order valence-corrected chi connectivity index (χ0v) is 5.27. The summed E-state index contributed by atoms with van der Waals surface area (Å²) in [4.78, 5) is 0. The van der Waals surface area contributed by atoms with Crippen LogP contribution < -0.4 is 0 Å². The zero-order chi connectivity index (χ0) is 5.40. The van der Waals surface area contributed by atoms with E-state index < -0.39 is 0 Å². The summed E-state index contributed by atoms with van der Waals surface area (Å²) >= 11 is 0. The van der Waals surface area contributed by atoms with Crippen LogP contribution in [-0.4, -0.2) is 7.28 Å². The van der Waals surface area contributed by atoms with E-state index in [1.165, 1.54) is 32.1 Å². The van der Waals surface area contributed by atoms with E-state index in [4.69, 9.17) is 0 Å². The lowest BCUT2D eigenvalue weighted by molar-refractivity contribution is 0.653. The van der Waals surface area contributed by atoms with Crippen LogP contribution in [0.2, 0.25) is 11.6 Å². The monoisotopic (exact) mass is 107 g/mol. The summed E-state index contributed by atoms with van der Waals surface area (Å²) in [5.74, 6) is 2.07. The van der Waals surface area contributed by atoms with Crippen molar-refractivity contribution < 1.29 is 0 Å². The van der Waals surface area contributed by atoms with E-state index in [2.05, 4.69) is 7.28 Å². The fourth-order valence-electron chi connectivity index (χ4n) is 2.13. The molecule has 0 nitrogen and oxygen atoms in total. The third-order valence-corrected chi connectivity index (χ3v) is 2.60. The Bertz CT molecular complexity index is 76.4. The molecule has 2 bridgehead atoms. The quantitative estimate of drug-likeness (QED) is 0.416. The Morgan fingerprint density at radius 1 is 0.875 bits per heavy atom. The van der Waals surface area contributed by atoms with Crippen LogP contribution in [0.3, 0.4) is 0 Å². The molecule has 0 N–H and O–H groups in total. The van der Waals surface area contributed by atoms with Gasteiger partial charge in [-0.1, -0.05) is 43.7 Å². The fourth-order valence-corrected chi connectivity index (χ4v) is 2.13. The third kappa shape index (κ3) is 0.686. The normalized spacial score (nSPS) is 44.0. The SMILES string of the molecule is [B]1[C@H]2CCC[C@H]1CC2. The molecule has 1 radical (unpaired) electrons. The van der Waals surface area contributed by atoms with Crippen molar-refractivity contribution in [2.75, 3.05) is 0 Å². The van der Waals surface area contributed by atoms with E-state index in [0.717, 1.165) is 11.6 Å². The van der Waals surface area contributed by atoms with Gasteiger partial charge in [-0.2, -0.15) is 0 Å². The molecule has 0 saturated carbocycles. The first-order chi connectivity index (χ1) is 3.95. The van der Waals surface area contributed by atoms with E-state index in [-0.39, 0.29) is 0 Å². The summed E-state index contributed by atoms with van der Waals surface area (Å²) in [6, 6.07) is 0. The maximum atomic E-state index is 2.59. The van der Waals surface area contributed by atoms with E-state index in [9.17, 15) is 0 Å². The van der Waals surface area contributed by atoms with Gasteiger partial charge >= 0.3 is 0 Å². The fraction of sp³-hybridized carbons (Fsp3) is 1.00. The number of hydrogen-bond acceptors (Lipinski definition) is 0. The van der Waals surface area contributed by atoms with Gasteiger partial charge in [-0.05, 0) is 0 Å². The largest absolute Gasteiger partial charge is 0.117 e. The summed E-state index contributed by atoms with van der Waals surface area (Å²) in [6.07, 6.45) is 7.51. The molecule has 8 heavy (non-hydrogen) atoms. The second-order valence-electron chi connectivity index (χ2n) is 3.22. The smallest absolute Gasteiger partial charge is 0.0686 e. The van der Waals surface area contributed by atoms with Crippen molar-refractivity contribution in [1.82, 2.24) is 0 Å². The van der Waals surface area contributed by atoms with Crippen LogP contribution in [0.4, 0.5) is 0 Å². The standard InChI is InChI=1S/C7H12B/c1-2-6-4-5-7(3-1)8-6/h6-7H,1-5H2/t6-,7-/m0/s1. The molecule has 0 aromatic carbocycles. The Balaban J connectivity index is 2.03. The lowest BCUT2D eigenvalue weighted by Crippen LogP contribution is -2.06. The van der Waals surface area contributed by atoms with Crippen molar-refractivity contribution in [2.24, 2.45) is 0 Å². The topological polar surface area (TPSA) is 0 Å². The van der Waals surface area contributed by atoms with Gasteiger partial charge in [0.2, 0.25) is 0 Å². The molecule has 2 saturated heterocycles. The highest BCUT2D eigenvalue weighted by Crippen LogP contribution is 2.43. The highest BCUT2D eigenvalue weighted by Gasteiger charge is 2.28. The summed E-state index contributed by atoms with van der Waals surface area (Å²) in [5, 5.41) is 0. The molecule has 0 aromatic rings. The number of rotatable bonds is 0. The zero-order valence-electron chi connectivity index (χ0n) is 5.27. The van der Waals surface area contributed by atoms with Gasteiger partial charge in [-0.3, -0.25) is 0 Å². The van der Waals surface area contributed by atoms with Crippen LogP contribution in [0.15, 0.2) is 0 Å². The first-order valence-electron chi connectivity index (χ1n) is 3.80. The Morgan fingerprint density at radius 2 is 1.50 bits per heavy atom. The molecule has 2 rings (SSSR count). The average molecular weight is 107 g/mol. The molecule has 0 amide bonds. The van der Waals surface area contributed by atoms with Crippen molar-refractivity contribution in [3.05, 3.63) is 0 Å². The predicted octanol–water partition coefficient (Wildman–Crippen LogP) is 2.25. The predicted molar refractivity (Wildman–Crippen MR) is 36.3 cm³/mol. The first kappa shape index (κ1) is 4.90. The molecule has 2 aliphatic heterocycles. The van der Waals surface area contributed by atoms with Gasteiger partial charge in [0.15, 0.2) is 0 Å². The van der Waals surface area contributed by atoms with Gasteiger partial charge in [0.25, 0.3) is 0 Å². The van der Waals surface area contributed by atoms with Crippen LogP contribution >= 0.6 is 0 Å². The number of fused-ring (bicyclic) bond motifs is 2. The van der Waals surface area contributed by atoms with E-state index in [0.29, 0.717) is 0 Å².